The Balaban J connectivity index is 1.89. The highest BCUT2D eigenvalue weighted by Crippen LogP contribution is 2.22. The number of thiocarbonyl (C=S) groups is 1. The van der Waals surface area contributed by atoms with E-state index < -0.39 is 0 Å². The summed E-state index contributed by atoms with van der Waals surface area (Å²) in [6.45, 7) is 4.23. The van der Waals surface area contributed by atoms with Gasteiger partial charge in [-0.3, -0.25) is 0 Å². The third-order valence-corrected chi connectivity index (χ3v) is 4.20. The molecule has 2 rings (SSSR count). The number of likely N-dealkylation sites (tertiary alicyclic amines) is 1. The summed E-state index contributed by atoms with van der Waals surface area (Å²) in [5.74, 6) is 0. The number of anilines is 1. The molecule has 104 valence electrons. The first-order valence-corrected chi connectivity index (χ1v) is 7.36. The molecule has 0 saturated carbocycles. The van der Waals surface area contributed by atoms with Gasteiger partial charge in [0.1, 0.15) is 0 Å². The monoisotopic (exact) mass is 297 g/mol. The molecule has 3 nitrogen and oxygen atoms in total. The van der Waals surface area contributed by atoms with Gasteiger partial charge in [-0.15, -0.1) is 0 Å². The second-order valence-electron chi connectivity index (χ2n) is 5.09. The highest BCUT2D eigenvalue weighted by atomic mass is 35.5. The first kappa shape index (κ1) is 14.6. The van der Waals surface area contributed by atoms with Crippen LogP contribution in [0.15, 0.2) is 18.2 Å². The second kappa shape index (κ2) is 6.55. The van der Waals surface area contributed by atoms with Crippen LogP contribution in [0.2, 0.25) is 5.02 Å². The van der Waals surface area contributed by atoms with Crippen LogP contribution in [0.3, 0.4) is 0 Å². The first-order chi connectivity index (χ1) is 9.06. The fourth-order valence-corrected chi connectivity index (χ4v) is 2.69. The lowest BCUT2D eigenvalue weighted by atomic mass is 10.1. The number of rotatable bonds is 2. The summed E-state index contributed by atoms with van der Waals surface area (Å²) in [7, 11) is 2.15. The van der Waals surface area contributed by atoms with Crippen molar-refractivity contribution in [1.82, 2.24) is 10.2 Å². The highest BCUT2D eigenvalue weighted by Gasteiger charge is 2.17. The molecule has 1 aromatic rings. The maximum atomic E-state index is 6.10. The predicted octanol–water partition coefficient (Wildman–Crippen LogP) is 3.03. The normalized spacial score (nSPS) is 17.2. The Morgan fingerprint density at radius 2 is 2.05 bits per heavy atom. The van der Waals surface area contributed by atoms with Gasteiger partial charge in [-0.25, -0.2) is 0 Å². The number of hydrogen-bond donors (Lipinski definition) is 2. The van der Waals surface area contributed by atoms with Crippen LogP contribution in [0.5, 0.6) is 0 Å². The zero-order chi connectivity index (χ0) is 13.8. The summed E-state index contributed by atoms with van der Waals surface area (Å²) in [5, 5.41) is 8.05. The van der Waals surface area contributed by atoms with Gasteiger partial charge in [-0.1, -0.05) is 17.7 Å². The Hall–Kier alpha value is -0.840. The molecule has 0 aliphatic carbocycles. The largest absolute Gasteiger partial charge is 0.360 e. The molecule has 1 aliphatic heterocycles. The zero-order valence-corrected chi connectivity index (χ0v) is 12.9. The molecule has 1 fully saturated rings. The number of benzene rings is 1. The molecule has 0 unspecified atom stereocenters. The van der Waals surface area contributed by atoms with E-state index in [0.717, 1.165) is 42.2 Å². The van der Waals surface area contributed by atoms with Crippen molar-refractivity contribution < 1.29 is 0 Å². The fourth-order valence-electron chi connectivity index (χ4n) is 2.24. The molecular weight excluding hydrogens is 278 g/mol. The van der Waals surface area contributed by atoms with Crippen molar-refractivity contribution in [2.45, 2.75) is 25.8 Å². The summed E-state index contributed by atoms with van der Waals surface area (Å²) in [4.78, 5) is 2.34. The van der Waals surface area contributed by atoms with Gasteiger partial charge in [-0.05, 0) is 69.8 Å². The third kappa shape index (κ3) is 4.06. The molecule has 2 N–H and O–H groups in total. The smallest absolute Gasteiger partial charge is 0.171 e. The van der Waals surface area contributed by atoms with Gasteiger partial charge in [0.05, 0.1) is 0 Å². The molecule has 0 atom stereocenters. The Bertz CT molecular complexity index is 456. The number of hydrogen-bond acceptors (Lipinski definition) is 2. The van der Waals surface area contributed by atoms with E-state index in [2.05, 4.69) is 22.6 Å². The Labute approximate surface area is 125 Å². The van der Waals surface area contributed by atoms with Crippen molar-refractivity contribution in [1.29, 1.82) is 0 Å². The van der Waals surface area contributed by atoms with Crippen LogP contribution in [-0.2, 0) is 0 Å². The average Bonchev–Trinajstić information content (AvgIpc) is 2.38. The van der Waals surface area contributed by atoms with Gasteiger partial charge < -0.3 is 15.5 Å². The lowest BCUT2D eigenvalue weighted by molar-refractivity contribution is 0.247. The van der Waals surface area contributed by atoms with Crippen LogP contribution in [0.1, 0.15) is 18.4 Å². The molecule has 1 aliphatic rings. The SMILES string of the molecule is Cc1c(Cl)cccc1NC(=S)NC1CCN(C)CC1. The number of piperidine rings is 1. The molecule has 0 spiro atoms. The average molecular weight is 298 g/mol. The van der Waals surface area contributed by atoms with E-state index in [9.17, 15) is 0 Å². The topological polar surface area (TPSA) is 27.3 Å². The molecule has 1 heterocycles. The van der Waals surface area contributed by atoms with E-state index in [1.807, 2.05) is 25.1 Å². The molecule has 19 heavy (non-hydrogen) atoms. The molecule has 1 aromatic carbocycles. The van der Waals surface area contributed by atoms with Crippen molar-refractivity contribution in [3.63, 3.8) is 0 Å². The van der Waals surface area contributed by atoms with Crippen LogP contribution in [0.4, 0.5) is 5.69 Å². The van der Waals surface area contributed by atoms with E-state index in [-0.39, 0.29) is 0 Å². The number of nitrogens with zero attached hydrogens (tertiary/aromatic N) is 1. The van der Waals surface area contributed by atoms with Gasteiger partial charge in [0.25, 0.3) is 0 Å². The maximum absolute atomic E-state index is 6.10. The minimum Gasteiger partial charge on any atom is -0.360 e. The van der Waals surface area contributed by atoms with E-state index in [1.54, 1.807) is 0 Å². The lowest BCUT2D eigenvalue weighted by Crippen LogP contribution is -2.44. The van der Waals surface area contributed by atoms with Crippen LogP contribution in [-0.4, -0.2) is 36.2 Å². The summed E-state index contributed by atoms with van der Waals surface area (Å²) in [6.07, 6.45) is 2.26. The standard InChI is InChI=1S/C14H20ClN3S/c1-10-12(15)4-3-5-13(10)17-14(19)16-11-6-8-18(2)9-7-11/h3-5,11H,6-9H2,1-2H3,(H2,16,17,19). The lowest BCUT2D eigenvalue weighted by Gasteiger charge is -2.30. The summed E-state index contributed by atoms with van der Waals surface area (Å²) >= 11 is 11.5. The van der Waals surface area contributed by atoms with E-state index in [0.29, 0.717) is 11.2 Å². The van der Waals surface area contributed by atoms with Crippen molar-refractivity contribution in [3.05, 3.63) is 28.8 Å². The first-order valence-electron chi connectivity index (χ1n) is 6.57. The van der Waals surface area contributed by atoms with Gasteiger partial charge in [-0.2, -0.15) is 0 Å². The number of nitrogens with one attached hydrogen (secondary N) is 2. The minimum absolute atomic E-state index is 0.468. The third-order valence-electron chi connectivity index (χ3n) is 3.57. The summed E-state index contributed by atoms with van der Waals surface area (Å²) in [5.41, 5.74) is 2.00. The van der Waals surface area contributed by atoms with Crippen molar-refractivity contribution in [2.75, 3.05) is 25.5 Å². The van der Waals surface area contributed by atoms with Gasteiger partial charge in [0, 0.05) is 16.8 Å². The maximum Gasteiger partial charge on any atom is 0.171 e. The Kier molecular flexibility index (Phi) is 5.02. The van der Waals surface area contributed by atoms with Gasteiger partial charge >= 0.3 is 0 Å². The van der Waals surface area contributed by atoms with Crippen molar-refractivity contribution in [3.8, 4) is 0 Å². The Morgan fingerprint density at radius 1 is 1.37 bits per heavy atom. The highest BCUT2D eigenvalue weighted by molar-refractivity contribution is 7.80. The summed E-state index contributed by atoms with van der Waals surface area (Å²) < 4.78 is 0. The van der Waals surface area contributed by atoms with Crippen molar-refractivity contribution >= 4 is 34.6 Å². The Morgan fingerprint density at radius 3 is 2.74 bits per heavy atom. The molecule has 5 heteroatoms. The molecule has 1 saturated heterocycles. The van der Waals surface area contributed by atoms with E-state index >= 15 is 0 Å². The summed E-state index contributed by atoms with van der Waals surface area (Å²) in [6, 6.07) is 6.27. The molecule has 0 amide bonds. The van der Waals surface area contributed by atoms with Crippen LogP contribution in [0, 0.1) is 6.92 Å². The number of halogens is 1. The zero-order valence-electron chi connectivity index (χ0n) is 11.4. The molecular formula is C14H20ClN3S. The molecule has 0 radical (unpaired) electrons. The minimum atomic E-state index is 0.468. The molecule has 0 aromatic heterocycles. The van der Waals surface area contributed by atoms with Crippen LogP contribution < -0.4 is 10.6 Å². The van der Waals surface area contributed by atoms with E-state index in [1.165, 1.54) is 0 Å². The fraction of sp³-hybridized carbons (Fsp3) is 0.500. The van der Waals surface area contributed by atoms with Crippen LogP contribution >= 0.6 is 23.8 Å². The van der Waals surface area contributed by atoms with Crippen molar-refractivity contribution in [2.24, 2.45) is 0 Å². The van der Waals surface area contributed by atoms with Gasteiger partial charge in [0.15, 0.2) is 5.11 Å². The second-order valence-corrected chi connectivity index (χ2v) is 5.90. The van der Waals surface area contributed by atoms with E-state index in [4.69, 9.17) is 23.8 Å². The quantitative estimate of drug-likeness (QED) is 0.821. The van der Waals surface area contributed by atoms with Gasteiger partial charge in [0.2, 0.25) is 0 Å². The van der Waals surface area contributed by atoms with Crippen LogP contribution in [0.25, 0.3) is 0 Å². The predicted molar refractivity (Wildman–Crippen MR) is 86.1 cm³/mol. The molecule has 0 bridgehead atoms.